The number of nitrogens with two attached hydrogens (primary N) is 1. The van der Waals surface area contributed by atoms with Gasteiger partial charge in [0, 0.05) is 21.6 Å². The molecule has 4 rings (SSSR count). The van der Waals surface area contributed by atoms with Crippen LogP contribution in [0.15, 0.2) is 28.5 Å². The van der Waals surface area contributed by atoms with Crippen LogP contribution in [0.25, 0.3) is 11.2 Å². The second kappa shape index (κ2) is 9.06. The number of aromatic nitrogens is 4. The highest BCUT2D eigenvalue weighted by Gasteiger charge is 2.19. The molecular weight excluding hydrogens is 515 g/mol. The lowest BCUT2D eigenvalue weighted by atomic mass is 10.1. The number of rotatable bonds is 7. The number of aliphatic hydroxyl groups excluding tert-OH is 1. The van der Waals surface area contributed by atoms with Gasteiger partial charge in [0.15, 0.2) is 22.1 Å². The molecule has 30 heavy (non-hydrogen) atoms. The summed E-state index contributed by atoms with van der Waals surface area (Å²) in [4.78, 5) is 25.9. The van der Waals surface area contributed by atoms with Crippen LogP contribution in [-0.4, -0.2) is 43.2 Å². The molecule has 0 saturated heterocycles. The molecular formula is C20H23IN6O2S. The predicted molar refractivity (Wildman–Crippen MR) is 124 cm³/mol. The van der Waals surface area contributed by atoms with Crippen molar-refractivity contribution in [3.8, 4) is 0 Å². The number of imidazole rings is 1. The van der Waals surface area contributed by atoms with E-state index in [1.54, 1.807) is 11.8 Å². The van der Waals surface area contributed by atoms with Gasteiger partial charge < -0.3 is 20.7 Å². The molecule has 0 fully saturated rings. The quantitative estimate of drug-likeness (QED) is 0.313. The highest BCUT2D eigenvalue weighted by Crippen LogP contribution is 2.37. The number of fused-ring (bicyclic) bond motifs is 2. The van der Waals surface area contributed by atoms with Crippen molar-refractivity contribution >= 4 is 57.2 Å². The van der Waals surface area contributed by atoms with E-state index in [1.807, 2.05) is 4.57 Å². The van der Waals surface area contributed by atoms with Crippen molar-refractivity contribution in [3.05, 3.63) is 33.2 Å². The smallest absolute Gasteiger partial charge is 0.248 e. The molecule has 0 spiro atoms. The van der Waals surface area contributed by atoms with Crippen LogP contribution in [0.5, 0.6) is 0 Å². The number of carbonyl (C=O) groups is 1. The second-order valence-electron chi connectivity index (χ2n) is 7.30. The maximum Gasteiger partial charge on any atom is 0.248 e. The summed E-state index contributed by atoms with van der Waals surface area (Å²) in [6.07, 6.45) is 4.58. The largest absolute Gasteiger partial charge is 0.384 e. The van der Waals surface area contributed by atoms with Crippen LogP contribution in [0, 0.1) is 3.57 Å². The van der Waals surface area contributed by atoms with Crippen molar-refractivity contribution in [1.82, 2.24) is 24.8 Å². The van der Waals surface area contributed by atoms with E-state index in [0.717, 1.165) is 18.0 Å². The van der Waals surface area contributed by atoms with E-state index in [2.05, 4.69) is 50.0 Å². The number of aliphatic hydroxyl groups is 1. The molecule has 0 radical (unpaired) electrons. The maximum absolute atomic E-state index is 11.6. The zero-order valence-corrected chi connectivity index (χ0v) is 19.5. The molecule has 1 atom stereocenters. The van der Waals surface area contributed by atoms with E-state index >= 15 is 0 Å². The SMILES string of the molecule is C[C@H](O)C(=O)NCCCn1c(Sc2cc3c(cc2I)CCC3)nc2c(N)ncnc21. The fourth-order valence-electron chi connectivity index (χ4n) is 3.56. The number of nitrogen functional groups attached to an aromatic ring is 1. The highest BCUT2D eigenvalue weighted by atomic mass is 127. The fraction of sp³-hybridized carbons (Fsp3) is 0.400. The number of hydrogen-bond acceptors (Lipinski definition) is 7. The number of benzene rings is 1. The zero-order chi connectivity index (χ0) is 21.3. The Morgan fingerprint density at radius 2 is 2.13 bits per heavy atom. The topological polar surface area (TPSA) is 119 Å². The lowest BCUT2D eigenvalue weighted by Crippen LogP contribution is -2.33. The molecule has 0 saturated carbocycles. The summed E-state index contributed by atoms with van der Waals surface area (Å²) in [6.45, 7) is 2.51. The molecule has 1 aliphatic rings. The molecule has 0 aliphatic heterocycles. The van der Waals surface area contributed by atoms with Gasteiger partial charge in [-0.15, -0.1) is 0 Å². The number of halogens is 1. The van der Waals surface area contributed by atoms with Crippen LogP contribution in [0.2, 0.25) is 0 Å². The van der Waals surface area contributed by atoms with Gasteiger partial charge in [-0.3, -0.25) is 4.79 Å². The normalized spacial score (nSPS) is 14.1. The number of nitrogens with zero attached hydrogens (tertiary/aromatic N) is 4. The Hall–Kier alpha value is -1.92. The molecule has 158 valence electrons. The van der Waals surface area contributed by atoms with E-state index < -0.39 is 6.10 Å². The van der Waals surface area contributed by atoms with E-state index in [-0.39, 0.29) is 5.91 Å². The number of anilines is 1. The highest BCUT2D eigenvalue weighted by molar-refractivity contribution is 14.1. The third kappa shape index (κ3) is 4.40. The van der Waals surface area contributed by atoms with Gasteiger partial charge in [0.25, 0.3) is 0 Å². The third-order valence-corrected chi connectivity index (χ3v) is 7.42. The van der Waals surface area contributed by atoms with Gasteiger partial charge >= 0.3 is 0 Å². The predicted octanol–water partition coefficient (Wildman–Crippen LogP) is 2.54. The molecule has 2 heterocycles. The molecule has 2 aromatic heterocycles. The monoisotopic (exact) mass is 538 g/mol. The minimum absolute atomic E-state index is 0.353. The second-order valence-corrected chi connectivity index (χ2v) is 9.48. The molecule has 4 N–H and O–H groups in total. The summed E-state index contributed by atoms with van der Waals surface area (Å²) in [5.41, 5.74) is 10.2. The third-order valence-electron chi connectivity index (χ3n) is 5.11. The minimum atomic E-state index is -1.01. The zero-order valence-electron chi connectivity index (χ0n) is 16.6. The summed E-state index contributed by atoms with van der Waals surface area (Å²) in [5.74, 6) is -0.0222. The summed E-state index contributed by atoms with van der Waals surface area (Å²) in [7, 11) is 0. The van der Waals surface area contributed by atoms with Crippen LogP contribution < -0.4 is 11.1 Å². The average Bonchev–Trinajstić information content (AvgIpc) is 3.30. The first-order valence-electron chi connectivity index (χ1n) is 9.85. The summed E-state index contributed by atoms with van der Waals surface area (Å²) in [5, 5.41) is 12.8. The van der Waals surface area contributed by atoms with Gasteiger partial charge in [-0.25, -0.2) is 15.0 Å². The maximum atomic E-state index is 11.6. The van der Waals surface area contributed by atoms with Crippen LogP contribution in [0.3, 0.4) is 0 Å². The first-order valence-corrected chi connectivity index (χ1v) is 11.7. The van der Waals surface area contributed by atoms with E-state index in [4.69, 9.17) is 10.7 Å². The molecule has 1 aromatic carbocycles. The summed E-state index contributed by atoms with van der Waals surface area (Å²) >= 11 is 3.99. The average molecular weight is 538 g/mol. The summed E-state index contributed by atoms with van der Waals surface area (Å²) in [6, 6.07) is 4.55. The van der Waals surface area contributed by atoms with Gasteiger partial charge in [-0.1, -0.05) is 11.8 Å². The Bertz CT molecular complexity index is 1100. The molecule has 1 aliphatic carbocycles. The van der Waals surface area contributed by atoms with Crippen molar-refractivity contribution in [2.24, 2.45) is 0 Å². The minimum Gasteiger partial charge on any atom is -0.384 e. The first-order chi connectivity index (χ1) is 14.4. The van der Waals surface area contributed by atoms with Gasteiger partial charge in [-0.2, -0.15) is 0 Å². The lowest BCUT2D eigenvalue weighted by molar-refractivity contribution is -0.128. The molecule has 10 heteroatoms. The Morgan fingerprint density at radius 1 is 1.37 bits per heavy atom. The molecule has 8 nitrogen and oxygen atoms in total. The summed E-state index contributed by atoms with van der Waals surface area (Å²) < 4.78 is 3.23. The molecule has 0 bridgehead atoms. The Balaban J connectivity index is 1.60. The van der Waals surface area contributed by atoms with E-state index in [0.29, 0.717) is 36.5 Å². The number of amides is 1. The number of carbonyl (C=O) groups excluding carboxylic acids is 1. The van der Waals surface area contributed by atoms with Crippen LogP contribution in [0.4, 0.5) is 5.82 Å². The standard InChI is InChI=1S/C20H23IN6O2S/c1-11(28)19(29)23-6-3-7-27-18-16(17(22)24-10-25-18)26-20(27)30-15-9-13-5-2-4-12(13)8-14(15)21/h8-11,28H,2-7H2,1H3,(H,23,29)(H2,22,24,25)/t11-/m0/s1. The van der Waals surface area contributed by atoms with Crippen LogP contribution in [-0.2, 0) is 24.2 Å². The Labute approximate surface area is 192 Å². The van der Waals surface area contributed by atoms with Gasteiger partial charge in [-0.05, 0) is 78.5 Å². The van der Waals surface area contributed by atoms with Gasteiger partial charge in [0.05, 0.1) is 0 Å². The first kappa shape index (κ1) is 21.3. The van der Waals surface area contributed by atoms with Gasteiger partial charge in [0.1, 0.15) is 12.4 Å². The Morgan fingerprint density at radius 3 is 2.90 bits per heavy atom. The van der Waals surface area contributed by atoms with Crippen molar-refractivity contribution in [1.29, 1.82) is 0 Å². The number of hydrogen-bond donors (Lipinski definition) is 3. The van der Waals surface area contributed by atoms with Crippen molar-refractivity contribution < 1.29 is 9.90 Å². The molecule has 1 amide bonds. The van der Waals surface area contributed by atoms with Crippen LogP contribution >= 0.6 is 34.4 Å². The van der Waals surface area contributed by atoms with E-state index in [1.165, 1.54) is 39.3 Å². The van der Waals surface area contributed by atoms with E-state index in [9.17, 15) is 9.90 Å². The number of nitrogens with one attached hydrogen (secondary N) is 1. The number of aryl methyl sites for hydroxylation is 3. The lowest BCUT2D eigenvalue weighted by Gasteiger charge is -2.11. The Kier molecular flexibility index (Phi) is 6.44. The van der Waals surface area contributed by atoms with Crippen LogP contribution in [0.1, 0.15) is 30.9 Å². The van der Waals surface area contributed by atoms with Gasteiger partial charge in [0.2, 0.25) is 5.91 Å². The van der Waals surface area contributed by atoms with Crippen molar-refractivity contribution in [2.45, 2.75) is 55.3 Å². The van der Waals surface area contributed by atoms with Crippen molar-refractivity contribution in [2.75, 3.05) is 12.3 Å². The molecule has 3 aromatic rings. The van der Waals surface area contributed by atoms with Crippen molar-refractivity contribution in [3.63, 3.8) is 0 Å². The molecule has 0 unspecified atom stereocenters. The fourth-order valence-corrected chi connectivity index (χ4v) is 5.40.